The van der Waals surface area contributed by atoms with Gasteiger partial charge < -0.3 is 10.6 Å². The zero-order valence-electron chi connectivity index (χ0n) is 14.6. The molecule has 1 unspecified atom stereocenters. The number of aromatic nitrogens is 2. The standard InChI is InChI=1S/C19H18N4O2S2/c1-13(14-8-4-2-5-9-14)20-16(24)12-26-19-23-22-18(27-19)17(25)21-15-10-6-3-7-11-15/h2-11,13H,12H2,1H3,(H,20,24)(H,21,25). The lowest BCUT2D eigenvalue weighted by Crippen LogP contribution is -2.28. The molecule has 1 heterocycles. The minimum absolute atomic E-state index is 0.0686. The first-order valence-corrected chi connectivity index (χ1v) is 10.1. The maximum absolute atomic E-state index is 12.2. The Hall–Kier alpha value is -2.71. The van der Waals surface area contributed by atoms with Gasteiger partial charge in [-0.05, 0) is 24.6 Å². The number of amides is 2. The largest absolute Gasteiger partial charge is 0.349 e. The van der Waals surface area contributed by atoms with Gasteiger partial charge in [-0.1, -0.05) is 71.6 Å². The number of hydrogen-bond donors (Lipinski definition) is 2. The van der Waals surface area contributed by atoms with E-state index >= 15 is 0 Å². The van der Waals surface area contributed by atoms with Gasteiger partial charge in [-0.15, -0.1) is 10.2 Å². The van der Waals surface area contributed by atoms with Crippen molar-refractivity contribution < 1.29 is 9.59 Å². The van der Waals surface area contributed by atoms with E-state index in [1.807, 2.05) is 55.5 Å². The summed E-state index contributed by atoms with van der Waals surface area (Å²) < 4.78 is 0.579. The molecule has 0 saturated heterocycles. The summed E-state index contributed by atoms with van der Waals surface area (Å²) in [6.45, 7) is 1.94. The van der Waals surface area contributed by atoms with Gasteiger partial charge in [-0.3, -0.25) is 9.59 Å². The molecule has 3 rings (SSSR count). The van der Waals surface area contributed by atoms with E-state index in [4.69, 9.17) is 0 Å². The molecule has 6 nitrogen and oxygen atoms in total. The van der Waals surface area contributed by atoms with Gasteiger partial charge in [0.05, 0.1) is 11.8 Å². The Kier molecular flexibility index (Phi) is 6.56. The van der Waals surface area contributed by atoms with Gasteiger partial charge >= 0.3 is 0 Å². The number of anilines is 1. The summed E-state index contributed by atoms with van der Waals surface area (Å²) in [6, 6.07) is 18.8. The molecule has 8 heteroatoms. The fourth-order valence-corrected chi connectivity index (χ4v) is 3.86. The number of para-hydroxylation sites is 1. The summed E-state index contributed by atoms with van der Waals surface area (Å²) in [5, 5.41) is 13.9. The van der Waals surface area contributed by atoms with Gasteiger partial charge in [-0.2, -0.15) is 0 Å². The molecule has 2 aromatic carbocycles. The molecule has 0 aliphatic carbocycles. The van der Waals surface area contributed by atoms with Crippen LogP contribution in [0.2, 0.25) is 0 Å². The van der Waals surface area contributed by atoms with E-state index in [0.29, 0.717) is 10.0 Å². The quantitative estimate of drug-likeness (QED) is 0.592. The predicted octanol–water partition coefficient (Wildman–Crippen LogP) is 3.76. The Balaban J connectivity index is 1.49. The lowest BCUT2D eigenvalue weighted by atomic mass is 10.1. The van der Waals surface area contributed by atoms with E-state index in [9.17, 15) is 9.59 Å². The van der Waals surface area contributed by atoms with Crippen molar-refractivity contribution in [1.82, 2.24) is 15.5 Å². The second-order valence-corrected chi connectivity index (χ2v) is 7.88. The van der Waals surface area contributed by atoms with E-state index in [-0.39, 0.29) is 28.6 Å². The topological polar surface area (TPSA) is 84.0 Å². The van der Waals surface area contributed by atoms with Gasteiger partial charge in [0.1, 0.15) is 0 Å². The molecule has 0 fully saturated rings. The second-order valence-electron chi connectivity index (χ2n) is 5.68. The van der Waals surface area contributed by atoms with Crippen LogP contribution >= 0.6 is 23.1 Å². The van der Waals surface area contributed by atoms with Gasteiger partial charge in [0.15, 0.2) is 4.34 Å². The van der Waals surface area contributed by atoms with Crippen molar-refractivity contribution in [3.05, 3.63) is 71.2 Å². The van der Waals surface area contributed by atoms with Crippen LogP contribution in [0, 0.1) is 0 Å². The van der Waals surface area contributed by atoms with Gasteiger partial charge in [0.2, 0.25) is 10.9 Å². The third kappa shape index (κ3) is 5.63. The first-order valence-electron chi connectivity index (χ1n) is 8.29. The van der Waals surface area contributed by atoms with E-state index in [1.165, 1.54) is 23.1 Å². The summed E-state index contributed by atoms with van der Waals surface area (Å²) in [5.41, 5.74) is 1.74. The van der Waals surface area contributed by atoms with Crippen molar-refractivity contribution in [2.24, 2.45) is 0 Å². The molecule has 27 heavy (non-hydrogen) atoms. The highest BCUT2D eigenvalue weighted by atomic mass is 32.2. The number of thioether (sulfide) groups is 1. The highest BCUT2D eigenvalue weighted by Gasteiger charge is 2.15. The van der Waals surface area contributed by atoms with Crippen LogP contribution in [0.5, 0.6) is 0 Å². The fraction of sp³-hybridized carbons (Fsp3) is 0.158. The molecule has 0 radical (unpaired) electrons. The Labute approximate surface area is 165 Å². The van der Waals surface area contributed by atoms with Crippen molar-refractivity contribution >= 4 is 40.6 Å². The molecule has 0 bridgehead atoms. The summed E-state index contributed by atoms with van der Waals surface area (Å²) in [5.74, 6) is -0.193. The van der Waals surface area contributed by atoms with Gasteiger partial charge in [0.25, 0.3) is 5.91 Å². The molecule has 0 spiro atoms. The van der Waals surface area contributed by atoms with E-state index < -0.39 is 0 Å². The number of carbonyl (C=O) groups is 2. The van der Waals surface area contributed by atoms with Crippen molar-refractivity contribution in [3.8, 4) is 0 Å². The predicted molar refractivity (Wildman–Crippen MR) is 108 cm³/mol. The molecule has 2 N–H and O–H groups in total. The normalized spacial score (nSPS) is 11.6. The highest BCUT2D eigenvalue weighted by molar-refractivity contribution is 8.01. The van der Waals surface area contributed by atoms with Crippen LogP contribution in [-0.4, -0.2) is 27.8 Å². The number of nitrogens with zero attached hydrogens (tertiary/aromatic N) is 2. The number of nitrogens with one attached hydrogen (secondary N) is 2. The summed E-state index contributed by atoms with van der Waals surface area (Å²) in [6.07, 6.45) is 0. The third-order valence-electron chi connectivity index (χ3n) is 3.64. The van der Waals surface area contributed by atoms with Crippen LogP contribution in [0.25, 0.3) is 0 Å². The molecule has 0 aliphatic rings. The number of hydrogen-bond acceptors (Lipinski definition) is 6. The minimum atomic E-state index is -0.312. The Bertz CT molecular complexity index is 900. The van der Waals surface area contributed by atoms with Crippen LogP contribution in [0.15, 0.2) is 65.0 Å². The molecular formula is C19H18N4O2S2. The Morgan fingerprint density at radius 2 is 1.70 bits per heavy atom. The lowest BCUT2D eigenvalue weighted by molar-refractivity contribution is -0.119. The van der Waals surface area contributed by atoms with Crippen LogP contribution < -0.4 is 10.6 Å². The summed E-state index contributed by atoms with van der Waals surface area (Å²) >= 11 is 2.43. The van der Waals surface area contributed by atoms with E-state index in [2.05, 4.69) is 20.8 Å². The minimum Gasteiger partial charge on any atom is -0.349 e. The maximum atomic E-state index is 12.2. The molecule has 2 amide bonds. The second kappa shape index (κ2) is 9.29. The molecule has 3 aromatic rings. The molecular weight excluding hydrogens is 380 g/mol. The zero-order valence-corrected chi connectivity index (χ0v) is 16.2. The van der Waals surface area contributed by atoms with Gasteiger partial charge in [0, 0.05) is 5.69 Å². The van der Waals surface area contributed by atoms with Crippen LogP contribution in [0.1, 0.15) is 28.3 Å². The monoisotopic (exact) mass is 398 g/mol. The number of carbonyl (C=O) groups excluding carboxylic acids is 2. The lowest BCUT2D eigenvalue weighted by Gasteiger charge is -2.13. The Morgan fingerprint density at radius 1 is 1.04 bits per heavy atom. The molecule has 138 valence electrons. The molecule has 0 saturated carbocycles. The summed E-state index contributed by atoms with van der Waals surface area (Å²) in [7, 11) is 0. The number of rotatable bonds is 7. The third-order valence-corrected chi connectivity index (χ3v) is 5.69. The van der Waals surface area contributed by atoms with Crippen molar-refractivity contribution in [3.63, 3.8) is 0 Å². The number of benzene rings is 2. The first kappa shape index (κ1) is 19.1. The van der Waals surface area contributed by atoms with Crippen molar-refractivity contribution in [1.29, 1.82) is 0 Å². The molecule has 1 atom stereocenters. The Morgan fingerprint density at radius 3 is 2.41 bits per heavy atom. The van der Waals surface area contributed by atoms with Crippen LogP contribution in [0.4, 0.5) is 5.69 Å². The average Bonchev–Trinajstić information content (AvgIpc) is 3.17. The average molecular weight is 399 g/mol. The van der Waals surface area contributed by atoms with Crippen molar-refractivity contribution in [2.45, 2.75) is 17.3 Å². The highest BCUT2D eigenvalue weighted by Crippen LogP contribution is 2.23. The smallest absolute Gasteiger partial charge is 0.286 e. The zero-order chi connectivity index (χ0) is 19.1. The van der Waals surface area contributed by atoms with Crippen LogP contribution in [0.3, 0.4) is 0 Å². The fourth-order valence-electron chi connectivity index (χ4n) is 2.30. The van der Waals surface area contributed by atoms with Crippen LogP contribution in [-0.2, 0) is 4.79 Å². The van der Waals surface area contributed by atoms with Gasteiger partial charge in [-0.25, -0.2) is 0 Å². The SMILES string of the molecule is CC(NC(=O)CSc1nnc(C(=O)Nc2ccccc2)s1)c1ccccc1. The first-order chi connectivity index (χ1) is 13.1. The van der Waals surface area contributed by atoms with E-state index in [0.717, 1.165) is 5.56 Å². The molecule has 1 aromatic heterocycles. The van der Waals surface area contributed by atoms with Crippen molar-refractivity contribution in [2.75, 3.05) is 11.1 Å². The summed E-state index contributed by atoms with van der Waals surface area (Å²) in [4.78, 5) is 24.3. The molecule has 0 aliphatic heterocycles. The van der Waals surface area contributed by atoms with E-state index in [1.54, 1.807) is 12.1 Å². The maximum Gasteiger partial charge on any atom is 0.286 e.